The van der Waals surface area contributed by atoms with Crippen LogP contribution in [0.5, 0.6) is 0 Å². The number of anilines is 1. The zero-order valence-electron chi connectivity index (χ0n) is 18.0. The highest BCUT2D eigenvalue weighted by Gasteiger charge is 2.47. The molecule has 2 aliphatic heterocycles. The SMILES string of the molecule is Cc1ccc(C#CC2CC2)c2c1N(C(=O)/C(N)=C/N(N)CC1OCC3(CC3)CO1)CC2. The first-order valence-corrected chi connectivity index (χ1v) is 11.1. The Labute approximate surface area is 183 Å². The molecule has 4 aliphatic rings. The van der Waals surface area contributed by atoms with Gasteiger partial charge in [-0.15, -0.1) is 0 Å². The van der Waals surface area contributed by atoms with Crippen molar-refractivity contribution in [2.45, 2.75) is 45.3 Å². The van der Waals surface area contributed by atoms with Crippen LogP contribution >= 0.6 is 0 Å². The number of benzene rings is 1. The van der Waals surface area contributed by atoms with Crippen LogP contribution in [-0.2, 0) is 20.7 Å². The summed E-state index contributed by atoms with van der Waals surface area (Å²) in [5, 5.41) is 1.38. The summed E-state index contributed by atoms with van der Waals surface area (Å²) < 4.78 is 11.5. The zero-order chi connectivity index (χ0) is 21.6. The van der Waals surface area contributed by atoms with Crippen molar-refractivity contribution in [2.24, 2.45) is 22.9 Å². The third-order valence-corrected chi connectivity index (χ3v) is 6.59. The second kappa shape index (κ2) is 7.86. The van der Waals surface area contributed by atoms with Crippen molar-refractivity contribution in [1.29, 1.82) is 0 Å². The van der Waals surface area contributed by atoms with Gasteiger partial charge in [-0.3, -0.25) is 4.79 Å². The van der Waals surface area contributed by atoms with E-state index < -0.39 is 6.29 Å². The number of ether oxygens (including phenoxy) is 2. The van der Waals surface area contributed by atoms with Gasteiger partial charge < -0.3 is 25.1 Å². The monoisotopic (exact) mass is 422 g/mol. The molecule has 7 heteroatoms. The molecule has 0 unspecified atom stereocenters. The molecule has 0 radical (unpaired) electrons. The lowest BCUT2D eigenvalue weighted by Gasteiger charge is -2.31. The molecule has 31 heavy (non-hydrogen) atoms. The molecule has 2 saturated carbocycles. The molecule has 5 rings (SSSR count). The largest absolute Gasteiger partial charge is 0.393 e. The maximum absolute atomic E-state index is 13.1. The Bertz CT molecular complexity index is 975. The number of hydrazine groups is 1. The van der Waals surface area contributed by atoms with E-state index in [1.807, 2.05) is 13.0 Å². The van der Waals surface area contributed by atoms with Crippen LogP contribution in [0.3, 0.4) is 0 Å². The summed E-state index contributed by atoms with van der Waals surface area (Å²) in [6.07, 6.45) is 6.57. The second-order valence-electron chi connectivity index (χ2n) is 9.34. The summed E-state index contributed by atoms with van der Waals surface area (Å²) in [6.45, 7) is 4.34. The van der Waals surface area contributed by atoms with E-state index in [2.05, 4.69) is 17.9 Å². The van der Waals surface area contributed by atoms with Crippen LogP contribution in [0.4, 0.5) is 5.69 Å². The van der Waals surface area contributed by atoms with E-state index in [1.54, 1.807) is 4.90 Å². The van der Waals surface area contributed by atoms with Gasteiger partial charge in [-0.2, -0.15) is 0 Å². The Morgan fingerprint density at radius 2 is 2.06 bits per heavy atom. The second-order valence-corrected chi connectivity index (χ2v) is 9.34. The minimum atomic E-state index is -0.405. The first kappa shape index (κ1) is 20.4. The van der Waals surface area contributed by atoms with Gasteiger partial charge in [-0.1, -0.05) is 17.9 Å². The maximum Gasteiger partial charge on any atom is 0.275 e. The molecule has 4 N–H and O–H groups in total. The minimum absolute atomic E-state index is 0.0960. The smallest absolute Gasteiger partial charge is 0.275 e. The number of rotatable bonds is 4. The average Bonchev–Trinajstić information content (AvgIpc) is 3.68. The molecule has 164 valence electrons. The molecule has 1 amide bonds. The van der Waals surface area contributed by atoms with E-state index in [-0.39, 0.29) is 17.0 Å². The topological polar surface area (TPSA) is 94.1 Å². The van der Waals surface area contributed by atoms with Gasteiger partial charge >= 0.3 is 0 Å². The summed E-state index contributed by atoms with van der Waals surface area (Å²) in [4.78, 5) is 14.9. The molecule has 2 aliphatic carbocycles. The van der Waals surface area contributed by atoms with E-state index in [0.29, 0.717) is 32.2 Å². The molecular formula is C24H30N4O3. The van der Waals surface area contributed by atoms with Crippen molar-refractivity contribution in [3.8, 4) is 11.8 Å². The standard InChI is InChI=1S/C24H30N4O3/c1-16-2-6-18(7-5-17-3-4-17)19-8-11-28(22(16)19)23(29)20(25)12-27(26)13-21-30-14-24(9-10-24)15-31-21/h2,6,12,17,21H,3-4,8-11,13-15,25-26H2,1H3/b20-12-. The van der Waals surface area contributed by atoms with Gasteiger partial charge in [0.2, 0.25) is 0 Å². The fraction of sp³-hybridized carbons (Fsp3) is 0.542. The number of nitrogens with zero attached hydrogens (tertiary/aromatic N) is 2. The number of aryl methyl sites for hydroxylation is 1. The van der Waals surface area contributed by atoms with Crippen LogP contribution in [-0.4, -0.2) is 43.5 Å². The third-order valence-electron chi connectivity index (χ3n) is 6.59. The number of hydrogen-bond donors (Lipinski definition) is 2. The van der Waals surface area contributed by atoms with Crippen molar-refractivity contribution < 1.29 is 14.3 Å². The normalized spacial score (nSPS) is 22.1. The molecule has 0 atom stereocenters. The van der Waals surface area contributed by atoms with E-state index in [9.17, 15) is 4.79 Å². The molecule has 1 aromatic rings. The molecule has 3 fully saturated rings. The number of carbonyl (C=O) groups is 1. The lowest BCUT2D eigenvalue weighted by molar-refractivity contribution is -0.211. The quantitative estimate of drug-likeness (QED) is 0.332. The third kappa shape index (κ3) is 4.29. The molecule has 1 spiro atoms. The highest BCUT2D eigenvalue weighted by atomic mass is 16.7. The van der Waals surface area contributed by atoms with Gasteiger partial charge in [-0.05, 0) is 56.2 Å². The summed E-state index contributed by atoms with van der Waals surface area (Å²) in [7, 11) is 0. The van der Waals surface area contributed by atoms with Gasteiger partial charge in [0.15, 0.2) is 6.29 Å². The van der Waals surface area contributed by atoms with Gasteiger partial charge in [0.1, 0.15) is 5.70 Å². The summed E-state index contributed by atoms with van der Waals surface area (Å²) >= 11 is 0. The minimum Gasteiger partial charge on any atom is -0.393 e. The first-order valence-electron chi connectivity index (χ1n) is 11.1. The van der Waals surface area contributed by atoms with E-state index in [4.69, 9.17) is 21.1 Å². The number of carbonyl (C=O) groups excluding carboxylic acids is 1. The lowest BCUT2D eigenvalue weighted by Crippen LogP contribution is -2.43. The van der Waals surface area contributed by atoms with E-state index >= 15 is 0 Å². The van der Waals surface area contributed by atoms with E-state index in [0.717, 1.165) is 41.6 Å². The van der Waals surface area contributed by atoms with Crippen molar-refractivity contribution in [1.82, 2.24) is 5.01 Å². The number of hydrogen-bond acceptors (Lipinski definition) is 6. The first-order chi connectivity index (χ1) is 14.9. The molecule has 0 bridgehead atoms. The van der Waals surface area contributed by atoms with Gasteiger partial charge in [-0.25, -0.2) is 5.84 Å². The van der Waals surface area contributed by atoms with Crippen molar-refractivity contribution in [3.63, 3.8) is 0 Å². The number of fused-ring (bicyclic) bond motifs is 1. The van der Waals surface area contributed by atoms with Crippen molar-refractivity contribution in [2.75, 3.05) is 31.2 Å². The van der Waals surface area contributed by atoms with Gasteiger partial charge in [0.05, 0.1) is 25.4 Å². The summed E-state index contributed by atoms with van der Waals surface area (Å²) in [6, 6.07) is 4.09. The predicted molar refractivity (Wildman–Crippen MR) is 117 cm³/mol. The van der Waals surface area contributed by atoms with E-state index in [1.165, 1.54) is 24.1 Å². The highest BCUT2D eigenvalue weighted by molar-refractivity contribution is 6.06. The average molecular weight is 423 g/mol. The predicted octanol–water partition coefficient (Wildman–Crippen LogP) is 1.77. The van der Waals surface area contributed by atoms with Crippen molar-refractivity contribution >= 4 is 11.6 Å². The van der Waals surface area contributed by atoms with Crippen LogP contribution in [0.15, 0.2) is 24.0 Å². The molecule has 1 saturated heterocycles. The Morgan fingerprint density at radius 3 is 2.74 bits per heavy atom. The van der Waals surface area contributed by atoms with Gasteiger partial charge in [0.25, 0.3) is 5.91 Å². The Hall–Kier alpha value is -2.53. The molecule has 7 nitrogen and oxygen atoms in total. The van der Waals surface area contributed by atoms with Gasteiger partial charge in [0, 0.05) is 29.6 Å². The van der Waals surface area contributed by atoms with Crippen LogP contribution in [0.2, 0.25) is 0 Å². The molecule has 1 aromatic carbocycles. The van der Waals surface area contributed by atoms with Crippen LogP contribution < -0.4 is 16.5 Å². The van der Waals surface area contributed by atoms with Crippen LogP contribution in [0.1, 0.15) is 42.4 Å². The summed E-state index contributed by atoms with van der Waals surface area (Å²) in [5.41, 5.74) is 10.6. The fourth-order valence-corrected chi connectivity index (χ4v) is 4.26. The molecular weight excluding hydrogens is 392 g/mol. The van der Waals surface area contributed by atoms with Crippen LogP contribution in [0, 0.1) is 30.1 Å². The highest BCUT2D eigenvalue weighted by Crippen LogP contribution is 2.48. The van der Waals surface area contributed by atoms with Crippen LogP contribution in [0.25, 0.3) is 0 Å². The lowest BCUT2D eigenvalue weighted by atomic mass is 10.0. The molecule has 2 heterocycles. The summed E-state index contributed by atoms with van der Waals surface area (Å²) in [5.74, 6) is 13.0. The Morgan fingerprint density at radius 1 is 1.32 bits per heavy atom. The van der Waals surface area contributed by atoms with Crippen molar-refractivity contribution in [3.05, 3.63) is 40.7 Å². The Kier molecular flexibility index (Phi) is 5.17. The molecule has 0 aromatic heterocycles. The Balaban J connectivity index is 1.26. The number of nitrogens with two attached hydrogens (primary N) is 2. The zero-order valence-corrected chi connectivity index (χ0v) is 18.0. The maximum atomic E-state index is 13.1. The fourth-order valence-electron chi connectivity index (χ4n) is 4.26. The number of amides is 1.